The third kappa shape index (κ3) is 5.03. The fourth-order valence-electron chi connectivity index (χ4n) is 9.10. The highest BCUT2D eigenvalue weighted by Gasteiger charge is 2.23. The van der Waals surface area contributed by atoms with Gasteiger partial charge in [0.15, 0.2) is 0 Å². The number of thiophene rings is 1. The normalized spacial score (nSPS) is 11.9. The van der Waals surface area contributed by atoms with Crippen molar-refractivity contribution in [3.8, 4) is 54.9 Å². The fourth-order valence-corrected chi connectivity index (χ4v) is 9.82. The highest BCUT2D eigenvalue weighted by Crippen LogP contribution is 2.50. The van der Waals surface area contributed by atoms with Crippen molar-refractivity contribution in [2.45, 2.75) is 0 Å². The maximum Gasteiger partial charge on any atom is 0.136 e. The summed E-state index contributed by atoms with van der Waals surface area (Å²) >= 11 is 1.74. The molecule has 57 heavy (non-hydrogen) atoms. The Morgan fingerprint density at radius 1 is 0.351 bits per heavy atom. The minimum atomic E-state index is 0.861. The predicted molar refractivity (Wildman–Crippen MR) is 241 cm³/mol. The van der Waals surface area contributed by atoms with Gasteiger partial charge in [-0.15, -0.1) is 11.3 Å². The molecular weight excluding hydrogens is 713 g/mol. The molecule has 3 heteroatoms. The highest BCUT2D eigenvalue weighted by molar-refractivity contribution is 7.13. The number of fused-ring (bicyclic) bond motifs is 7. The second kappa shape index (κ2) is 12.7. The van der Waals surface area contributed by atoms with Crippen molar-refractivity contribution < 1.29 is 8.83 Å². The Balaban J connectivity index is 1.18. The Morgan fingerprint density at radius 3 is 1.68 bits per heavy atom. The number of rotatable bonds is 5. The van der Waals surface area contributed by atoms with E-state index in [9.17, 15) is 0 Å². The molecule has 0 fully saturated rings. The molecule has 0 saturated carbocycles. The number of benzene rings is 9. The van der Waals surface area contributed by atoms with Crippen LogP contribution in [0.2, 0.25) is 0 Å². The lowest BCUT2D eigenvalue weighted by Gasteiger charge is -2.20. The molecule has 0 aliphatic rings. The monoisotopic (exact) mass is 744 g/mol. The second-order valence-corrected chi connectivity index (χ2v) is 15.7. The molecule has 0 atom stereocenters. The smallest absolute Gasteiger partial charge is 0.136 e. The molecule has 0 saturated heterocycles. The van der Waals surface area contributed by atoms with Crippen LogP contribution in [0, 0.1) is 0 Å². The molecule has 12 rings (SSSR count). The van der Waals surface area contributed by atoms with Crippen LogP contribution in [0.15, 0.2) is 202 Å². The van der Waals surface area contributed by atoms with E-state index in [0.29, 0.717) is 0 Å². The van der Waals surface area contributed by atoms with Gasteiger partial charge in [-0.1, -0.05) is 140 Å². The first-order valence-electron chi connectivity index (χ1n) is 19.3. The largest absolute Gasteiger partial charge is 0.464 e. The second-order valence-electron chi connectivity index (χ2n) is 14.8. The van der Waals surface area contributed by atoms with E-state index in [0.717, 1.165) is 55.2 Å². The van der Waals surface area contributed by atoms with Crippen molar-refractivity contribution in [1.82, 2.24) is 0 Å². The van der Waals surface area contributed by atoms with Gasteiger partial charge in [-0.25, -0.2) is 0 Å². The van der Waals surface area contributed by atoms with E-state index in [1.54, 1.807) is 17.6 Å². The standard InChI is InChI=1S/C54H32O2S/c1-2-11-33(12-3-1)38-24-25-45(40-14-5-4-13-39(38)40)52-41-15-6-8-17-43(41)53(44-18-9-7-16-42(44)52)47-29-37(35-21-20-34-26-27-55-48(34)30-35)32-50-54(47)46-23-22-36(31-49(46)56-50)51-19-10-28-57-51/h1-32H. The Morgan fingerprint density at radius 2 is 0.965 bits per heavy atom. The number of hydrogen-bond donors (Lipinski definition) is 0. The zero-order chi connectivity index (χ0) is 37.5. The lowest BCUT2D eigenvalue weighted by Crippen LogP contribution is -1.93. The van der Waals surface area contributed by atoms with Crippen molar-refractivity contribution in [2.75, 3.05) is 0 Å². The molecule has 0 aliphatic heterocycles. The van der Waals surface area contributed by atoms with Crippen LogP contribution in [0.1, 0.15) is 0 Å². The van der Waals surface area contributed by atoms with Gasteiger partial charge in [0, 0.05) is 21.0 Å². The first-order valence-corrected chi connectivity index (χ1v) is 20.2. The van der Waals surface area contributed by atoms with Gasteiger partial charge in [-0.3, -0.25) is 0 Å². The van der Waals surface area contributed by atoms with Crippen molar-refractivity contribution >= 4 is 76.6 Å². The fraction of sp³-hybridized carbons (Fsp3) is 0. The average molecular weight is 745 g/mol. The summed E-state index contributed by atoms with van der Waals surface area (Å²) in [5, 5.41) is 12.7. The molecule has 2 nitrogen and oxygen atoms in total. The van der Waals surface area contributed by atoms with Crippen LogP contribution in [0.5, 0.6) is 0 Å². The summed E-state index contributed by atoms with van der Waals surface area (Å²) in [7, 11) is 0. The van der Waals surface area contributed by atoms with Crippen LogP contribution < -0.4 is 0 Å². The molecular formula is C54H32O2S. The van der Waals surface area contributed by atoms with E-state index in [2.05, 4.69) is 181 Å². The third-order valence-electron chi connectivity index (χ3n) is 11.6. The van der Waals surface area contributed by atoms with Gasteiger partial charge in [-0.05, 0) is 130 Å². The van der Waals surface area contributed by atoms with Crippen molar-refractivity contribution in [3.63, 3.8) is 0 Å². The Hall–Kier alpha value is -7.20. The molecule has 12 aromatic rings. The summed E-state index contributed by atoms with van der Waals surface area (Å²) in [6.45, 7) is 0. The van der Waals surface area contributed by atoms with Crippen molar-refractivity contribution in [3.05, 3.63) is 194 Å². The zero-order valence-corrected chi connectivity index (χ0v) is 31.5. The molecule has 0 radical (unpaired) electrons. The van der Waals surface area contributed by atoms with E-state index in [-0.39, 0.29) is 0 Å². The molecule has 9 aromatic carbocycles. The molecule has 0 bridgehead atoms. The van der Waals surface area contributed by atoms with Gasteiger partial charge in [0.2, 0.25) is 0 Å². The van der Waals surface area contributed by atoms with Crippen LogP contribution >= 0.6 is 11.3 Å². The topological polar surface area (TPSA) is 26.3 Å². The van der Waals surface area contributed by atoms with Crippen LogP contribution in [-0.4, -0.2) is 0 Å². The summed E-state index contributed by atoms with van der Waals surface area (Å²) in [5.41, 5.74) is 13.2. The van der Waals surface area contributed by atoms with Gasteiger partial charge < -0.3 is 8.83 Å². The lowest BCUT2D eigenvalue weighted by atomic mass is 9.82. The van der Waals surface area contributed by atoms with Crippen LogP contribution in [0.3, 0.4) is 0 Å². The summed E-state index contributed by atoms with van der Waals surface area (Å²) < 4.78 is 12.8. The SMILES string of the molecule is c1ccc(-c2ccc(-c3c4ccccc4c(-c4cc(-c5ccc6ccoc6c5)cc5oc6cc(-c7cccs7)ccc6c45)c4ccccc34)c3ccccc23)cc1. The zero-order valence-electron chi connectivity index (χ0n) is 30.7. The van der Waals surface area contributed by atoms with E-state index in [1.807, 2.05) is 6.07 Å². The quantitative estimate of drug-likeness (QED) is 0.164. The van der Waals surface area contributed by atoms with Gasteiger partial charge in [0.1, 0.15) is 16.7 Å². The van der Waals surface area contributed by atoms with Crippen LogP contribution in [-0.2, 0) is 0 Å². The van der Waals surface area contributed by atoms with Gasteiger partial charge >= 0.3 is 0 Å². The maximum absolute atomic E-state index is 6.88. The number of furan rings is 2. The molecule has 266 valence electrons. The minimum absolute atomic E-state index is 0.861. The Kier molecular flexibility index (Phi) is 7.13. The molecule has 0 aliphatic carbocycles. The third-order valence-corrected chi connectivity index (χ3v) is 12.6. The van der Waals surface area contributed by atoms with E-state index < -0.39 is 0 Å². The van der Waals surface area contributed by atoms with Crippen LogP contribution in [0.4, 0.5) is 0 Å². The highest BCUT2D eigenvalue weighted by atomic mass is 32.1. The Bertz CT molecular complexity index is 3460. The molecule has 3 aromatic heterocycles. The van der Waals surface area contributed by atoms with E-state index >= 15 is 0 Å². The molecule has 0 spiro atoms. The molecule has 0 amide bonds. The molecule has 3 heterocycles. The van der Waals surface area contributed by atoms with Crippen molar-refractivity contribution in [2.24, 2.45) is 0 Å². The molecule has 0 unspecified atom stereocenters. The van der Waals surface area contributed by atoms with Crippen molar-refractivity contribution in [1.29, 1.82) is 0 Å². The lowest BCUT2D eigenvalue weighted by molar-refractivity contribution is 0.616. The summed E-state index contributed by atoms with van der Waals surface area (Å²) in [5.74, 6) is 0. The minimum Gasteiger partial charge on any atom is -0.464 e. The summed E-state index contributed by atoms with van der Waals surface area (Å²) in [6.07, 6.45) is 1.76. The van der Waals surface area contributed by atoms with Gasteiger partial charge in [0.25, 0.3) is 0 Å². The van der Waals surface area contributed by atoms with Gasteiger partial charge in [0.05, 0.1) is 6.26 Å². The number of hydrogen-bond acceptors (Lipinski definition) is 3. The van der Waals surface area contributed by atoms with E-state index in [4.69, 9.17) is 8.83 Å². The molecule has 0 N–H and O–H groups in total. The Labute approximate surface area is 332 Å². The van der Waals surface area contributed by atoms with Gasteiger partial charge in [-0.2, -0.15) is 0 Å². The first kappa shape index (κ1) is 32.1. The first-order chi connectivity index (χ1) is 28.3. The predicted octanol–water partition coefficient (Wildman–Crippen LogP) is 16.2. The summed E-state index contributed by atoms with van der Waals surface area (Å²) in [4.78, 5) is 1.22. The maximum atomic E-state index is 6.88. The average Bonchev–Trinajstić information content (AvgIpc) is 4.06. The summed E-state index contributed by atoms with van der Waals surface area (Å²) in [6, 6.07) is 66.1. The van der Waals surface area contributed by atoms with E-state index in [1.165, 1.54) is 65.0 Å². The van der Waals surface area contributed by atoms with Crippen LogP contribution in [0.25, 0.3) is 120 Å².